The number of pyridine rings is 1. The summed E-state index contributed by atoms with van der Waals surface area (Å²) in [4.78, 5) is 14.2. The zero-order valence-corrected chi connectivity index (χ0v) is 8.64. The summed E-state index contributed by atoms with van der Waals surface area (Å²) >= 11 is 0. The molecule has 0 aromatic carbocycles. The molecule has 0 atom stereocenters. The molecule has 1 aromatic heterocycles. The van der Waals surface area contributed by atoms with Crippen molar-refractivity contribution in [3.63, 3.8) is 0 Å². The van der Waals surface area contributed by atoms with E-state index in [1.165, 1.54) is 0 Å². The molecular weight excluding hydrogens is 208 g/mol. The third-order valence-corrected chi connectivity index (χ3v) is 1.75. The Morgan fingerprint density at radius 2 is 2.50 bits per heavy atom. The first-order chi connectivity index (χ1) is 7.74. The van der Waals surface area contributed by atoms with Crippen LogP contribution in [0.4, 0.5) is 5.69 Å². The van der Waals surface area contributed by atoms with Gasteiger partial charge in [0.05, 0.1) is 24.1 Å². The Morgan fingerprint density at radius 1 is 1.69 bits per heavy atom. The van der Waals surface area contributed by atoms with Gasteiger partial charge in [-0.15, -0.1) is 0 Å². The number of ether oxygens (including phenoxy) is 1. The highest BCUT2D eigenvalue weighted by Crippen LogP contribution is 2.10. The standard InChI is InChI=1S/C10H12N4O2/c11-5-8-1-2-13-6-9(8)14-3-4-16-7-10(12)15/h1-2,6,14H,3-4,7H2,(H2,12,15). The molecule has 1 rings (SSSR count). The molecular formula is C10H12N4O2. The maximum Gasteiger partial charge on any atom is 0.243 e. The molecule has 84 valence electrons. The molecule has 6 heteroatoms. The number of primary amides is 1. The van der Waals surface area contributed by atoms with Crippen molar-refractivity contribution in [1.29, 1.82) is 5.26 Å². The van der Waals surface area contributed by atoms with E-state index in [9.17, 15) is 4.79 Å². The SMILES string of the molecule is N#Cc1ccncc1NCCOCC(N)=O. The lowest BCUT2D eigenvalue weighted by Crippen LogP contribution is -2.20. The fourth-order valence-electron chi connectivity index (χ4n) is 1.06. The molecule has 0 spiro atoms. The van der Waals surface area contributed by atoms with E-state index in [2.05, 4.69) is 10.3 Å². The topological polar surface area (TPSA) is 101 Å². The lowest BCUT2D eigenvalue weighted by Gasteiger charge is -2.07. The Kier molecular flexibility index (Phi) is 4.76. The Bertz CT molecular complexity index is 400. The van der Waals surface area contributed by atoms with Crippen LogP contribution in [0.5, 0.6) is 0 Å². The van der Waals surface area contributed by atoms with Gasteiger partial charge in [0, 0.05) is 12.7 Å². The molecule has 0 aliphatic carbocycles. The highest BCUT2D eigenvalue weighted by molar-refractivity contribution is 5.74. The zero-order chi connectivity index (χ0) is 11.8. The smallest absolute Gasteiger partial charge is 0.243 e. The van der Waals surface area contributed by atoms with Crippen molar-refractivity contribution >= 4 is 11.6 Å². The summed E-state index contributed by atoms with van der Waals surface area (Å²) in [5.41, 5.74) is 6.06. The van der Waals surface area contributed by atoms with Crippen LogP contribution in [-0.2, 0) is 9.53 Å². The van der Waals surface area contributed by atoms with E-state index in [-0.39, 0.29) is 6.61 Å². The van der Waals surface area contributed by atoms with Crippen LogP contribution < -0.4 is 11.1 Å². The van der Waals surface area contributed by atoms with Gasteiger partial charge in [-0.2, -0.15) is 5.26 Å². The van der Waals surface area contributed by atoms with Crippen molar-refractivity contribution < 1.29 is 9.53 Å². The van der Waals surface area contributed by atoms with Crippen LogP contribution in [-0.4, -0.2) is 30.6 Å². The summed E-state index contributed by atoms with van der Waals surface area (Å²) < 4.78 is 4.95. The van der Waals surface area contributed by atoms with Crippen LogP contribution in [0.15, 0.2) is 18.5 Å². The summed E-state index contributed by atoms with van der Waals surface area (Å²) in [7, 11) is 0. The second-order valence-corrected chi connectivity index (χ2v) is 2.98. The third-order valence-electron chi connectivity index (χ3n) is 1.75. The van der Waals surface area contributed by atoms with E-state index in [1.54, 1.807) is 18.5 Å². The van der Waals surface area contributed by atoms with Gasteiger partial charge in [-0.1, -0.05) is 0 Å². The molecule has 16 heavy (non-hydrogen) atoms. The quantitative estimate of drug-likeness (QED) is 0.650. The number of amides is 1. The molecule has 0 saturated heterocycles. The van der Waals surface area contributed by atoms with Gasteiger partial charge in [0.1, 0.15) is 12.7 Å². The number of nitrogens with two attached hydrogens (primary N) is 1. The monoisotopic (exact) mass is 220 g/mol. The highest BCUT2D eigenvalue weighted by Gasteiger charge is 2.00. The average molecular weight is 220 g/mol. The first kappa shape index (κ1) is 11.9. The summed E-state index contributed by atoms with van der Waals surface area (Å²) in [5.74, 6) is -0.501. The molecule has 0 saturated carbocycles. The van der Waals surface area contributed by atoms with Crippen molar-refractivity contribution in [1.82, 2.24) is 4.98 Å². The van der Waals surface area contributed by atoms with E-state index in [1.807, 2.05) is 6.07 Å². The predicted octanol–water partition coefficient (Wildman–Crippen LogP) is -0.133. The molecule has 1 amide bonds. The van der Waals surface area contributed by atoms with Gasteiger partial charge in [0.25, 0.3) is 0 Å². The number of nitrogens with one attached hydrogen (secondary N) is 1. The summed E-state index contributed by atoms with van der Waals surface area (Å²) in [6, 6.07) is 3.65. The minimum atomic E-state index is -0.501. The molecule has 0 aliphatic rings. The van der Waals surface area contributed by atoms with Gasteiger partial charge in [-0.3, -0.25) is 9.78 Å². The van der Waals surface area contributed by atoms with E-state index < -0.39 is 5.91 Å². The number of hydrogen-bond donors (Lipinski definition) is 2. The van der Waals surface area contributed by atoms with Crippen LogP contribution in [0.1, 0.15) is 5.56 Å². The largest absolute Gasteiger partial charge is 0.380 e. The first-order valence-corrected chi connectivity index (χ1v) is 4.68. The third kappa shape index (κ3) is 3.94. The van der Waals surface area contributed by atoms with Gasteiger partial charge < -0.3 is 15.8 Å². The predicted molar refractivity (Wildman–Crippen MR) is 57.5 cm³/mol. The normalized spacial score (nSPS) is 9.44. The highest BCUT2D eigenvalue weighted by atomic mass is 16.5. The molecule has 0 aliphatic heterocycles. The van der Waals surface area contributed by atoms with Crippen molar-refractivity contribution in [2.45, 2.75) is 0 Å². The summed E-state index contributed by atoms with van der Waals surface area (Å²) in [6.45, 7) is 0.718. The van der Waals surface area contributed by atoms with Gasteiger partial charge >= 0.3 is 0 Å². The Morgan fingerprint density at radius 3 is 3.19 bits per heavy atom. The number of nitrogens with zero attached hydrogens (tertiary/aromatic N) is 2. The molecule has 1 heterocycles. The summed E-state index contributed by atoms with van der Waals surface area (Å²) in [6.07, 6.45) is 3.11. The number of carbonyl (C=O) groups excluding carboxylic acids is 1. The van der Waals surface area contributed by atoms with Crippen LogP contribution in [0.25, 0.3) is 0 Å². The molecule has 3 N–H and O–H groups in total. The number of anilines is 1. The lowest BCUT2D eigenvalue weighted by atomic mass is 10.2. The van der Waals surface area contributed by atoms with Crippen molar-refractivity contribution in [2.75, 3.05) is 25.1 Å². The van der Waals surface area contributed by atoms with Gasteiger partial charge in [-0.05, 0) is 6.07 Å². The number of nitriles is 1. The number of aromatic nitrogens is 1. The summed E-state index contributed by atoms with van der Waals surface area (Å²) in [5, 5.41) is 11.8. The van der Waals surface area contributed by atoms with E-state index in [4.69, 9.17) is 15.7 Å². The lowest BCUT2D eigenvalue weighted by molar-refractivity contribution is -0.122. The second kappa shape index (κ2) is 6.37. The number of carbonyl (C=O) groups is 1. The average Bonchev–Trinajstić information content (AvgIpc) is 2.29. The van der Waals surface area contributed by atoms with E-state index in [0.717, 1.165) is 0 Å². The minimum absolute atomic E-state index is 0.0974. The fraction of sp³-hybridized carbons (Fsp3) is 0.300. The molecule has 0 bridgehead atoms. The van der Waals surface area contributed by atoms with Gasteiger partial charge in [0.2, 0.25) is 5.91 Å². The van der Waals surface area contributed by atoms with Crippen molar-refractivity contribution in [2.24, 2.45) is 5.73 Å². The van der Waals surface area contributed by atoms with Crippen molar-refractivity contribution in [3.05, 3.63) is 24.0 Å². The molecule has 0 fully saturated rings. The van der Waals surface area contributed by atoms with Crippen LogP contribution in [0.3, 0.4) is 0 Å². The van der Waals surface area contributed by atoms with Crippen LogP contribution >= 0.6 is 0 Å². The minimum Gasteiger partial charge on any atom is -0.380 e. The van der Waals surface area contributed by atoms with E-state index >= 15 is 0 Å². The number of hydrogen-bond acceptors (Lipinski definition) is 5. The molecule has 6 nitrogen and oxygen atoms in total. The molecule has 1 aromatic rings. The van der Waals surface area contributed by atoms with Gasteiger partial charge in [0.15, 0.2) is 0 Å². The Balaban J connectivity index is 2.32. The van der Waals surface area contributed by atoms with Crippen molar-refractivity contribution in [3.8, 4) is 6.07 Å². The fourth-order valence-corrected chi connectivity index (χ4v) is 1.06. The van der Waals surface area contributed by atoms with Crippen LogP contribution in [0, 0.1) is 11.3 Å². The van der Waals surface area contributed by atoms with E-state index in [0.29, 0.717) is 24.4 Å². The Labute approximate surface area is 93.0 Å². The maximum atomic E-state index is 10.4. The van der Waals surface area contributed by atoms with Gasteiger partial charge in [-0.25, -0.2) is 0 Å². The molecule has 0 unspecified atom stereocenters. The molecule has 0 radical (unpaired) electrons. The number of rotatable bonds is 6. The van der Waals surface area contributed by atoms with Crippen LogP contribution in [0.2, 0.25) is 0 Å². The Hall–Kier alpha value is -2.13. The maximum absolute atomic E-state index is 10.4. The second-order valence-electron chi connectivity index (χ2n) is 2.98. The zero-order valence-electron chi connectivity index (χ0n) is 8.64. The first-order valence-electron chi connectivity index (χ1n) is 4.68.